The van der Waals surface area contributed by atoms with Crippen molar-refractivity contribution in [1.82, 2.24) is 14.5 Å². The fraction of sp³-hybridized carbons (Fsp3) is 0.235. The minimum atomic E-state index is -2.88. The molecule has 0 atom stereocenters. The van der Waals surface area contributed by atoms with E-state index in [-0.39, 0.29) is 17.7 Å². The number of pyridine rings is 1. The van der Waals surface area contributed by atoms with Crippen LogP contribution in [0.2, 0.25) is 0 Å². The van der Waals surface area contributed by atoms with Gasteiger partial charge in [-0.2, -0.15) is 0 Å². The molecule has 8 heteroatoms. The van der Waals surface area contributed by atoms with E-state index in [0.29, 0.717) is 16.9 Å². The summed E-state index contributed by atoms with van der Waals surface area (Å²) in [6.07, 6.45) is -1.57. The van der Waals surface area contributed by atoms with E-state index in [1.165, 1.54) is 29.1 Å². The minimum absolute atomic E-state index is 0.0430. The van der Waals surface area contributed by atoms with Crippen LogP contribution >= 0.6 is 0 Å². The van der Waals surface area contributed by atoms with Crippen molar-refractivity contribution in [3.63, 3.8) is 0 Å². The molecule has 0 saturated heterocycles. The van der Waals surface area contributed by atoms with Crippen molar-refractivity contribution in [3.05, 3.63) is 64.0 Å². The second-order valence-corrected chi connectivity index (χ2v) is 5.64. The van der Waals surface area contributed by atoms with Crippen molar-refractivity contribution in [2.45, 2.75) is 13.0 Å². The van der Waals surface area contributed by atoms with E-state index in [1.807, 2.05) is 0 Å². The molecule has 0 amide bonds. The molecule has 25 heavy (non-hydrogen) atoms. The second kappa shape index (κ2) is 6.54. The topological polar surface area (TPSA) is 51.0 Å². The molecular weight excluding hydrogens is 333 g/mol. The van der Waals surface area contributed by atoms with Crippen molar-refractivity contribution in [3.8, 4) is 0 Å². The van der Waals surface area contributed by atoms with Crippen molar-refractivity contribution in [2.24, 2.45) is 7.05 Å². The third kappa shape index (κ3) is 3.07. The maximum atomic E-state index is 14.2. The van der Waals surface area contributed by atoms with Gasteiger partial charge in [0.15, 0.2) is 0 Å². The highest BCUT2D eigenvalue weighted by atomic mass is 19.3. The fourth-order valence-corrected chi connectivity index (χ4v) is 2.69. The second-order valence-electron chi connectivity index (χ2n) is 5.64. The first-order valence-corrected chi connectivity index (χ1v) is 7.47. The number of aryl methyl sites for hydroxylation is 1. The van der Waals surface area contributed by atoms with Crippen LogP contribution in [-0.2, 0) is 13.6 Å². The molecule has 3 aromatic rings. The first-order valence-electron chi connectivity index (χ1n) is 7.47. The third-order valence-electron chi connectivity index (χ3n) is 4.00. The van der Waals surface area contributed by atoms with Crippen molar-refractivity contribution in [1.29, 1.82) is 0 Å². The number of halogens is 3. The predicted molar refractivity (Wildman–Crippen MR) is 88.2 cm³/mol. The first kappa shape index (κ1) is 16.9. The van der Waals surface area contributed by atoms with Gasteiger partial charge >= 0.3 is 0 Å². The zero-order valence-electron chi connectivity index (χ0n) is 13.6. The smallest absolute Gasteiger partial charge is 0.266 e. The van der Waals surface area contributed by atoms with Gasteiger partial charge in [0, 0.05) is 32.3 Å². The molecule has 0 unspecified atom stereocenters. The van der Waals surface area contributed by atoms with Crippen molar-refractivity contribution >= 4 is 16.9 Å². The Balaban J connectivity index is 2.02. The van der Waals surface area contributed by atoms with Gasteiger partial charge in [0.25, 0.3) is 12.0 Å². The number of rotatable bonds is 4. The van der Waals surface area contributed by atoms with E-state index in [2.05, 4.69) is 9.97 Å². The van der Waals surface area contributed by atoms with Gasteiger partial charge in [-0.3, -0.25) is 9.36 Å². The summed E-state index contributed by atoms with van der Waals surface area (Å²) in [4.78, 5) is 21.6. The average Bonchev–Trinajstić information content (AvgIpc) is 2.59. The Hall–Kier alpha value is -2.90. The Morgan fingerprint density at radius 3 is 2.68 bits per heavy atom. The molecule has 5 nitrogen and oxygen atoms in total. The van der Waals surface area contributed by atoms with Gasteiger partial charge in [-0.25, -0.2) is 23.1 Å². The number of fused-ring (bicyclic) bond motifs is 1. The fourth-order valence-electron chi connectivity index (χ4n) is 2.69. The lowest BCUT2D eigenvalue weighted by molar-refractivity contribution is 0.146. The SMILES string of the molecule is CN(Cc1cccc(C(F)F)c1F)c1ncnc2c1ccc(=O)n2C. The number of alkyl halides is 2. The molecule has 0 aliphatic carbocycles. The maximum Gasteiger partial charge on any atom is 0.266 e. The average molecular weight is 348 g/mol. The Bertz CT molecular complexity index is 987. The lowest BCUT2D eigenvalue weighted by atomic mass is 10.1. The number of hydrogen-bond acceptors (Lipinski definition) is 4. The third-order valence-corrected chi connectivity index (χ3v) is 4.00. The van der Waals surface area contributed by atoms with Crippen LogP contribution in [0.25, 0.3) is 11.0 Å². The molecule has 0 bridgehead atoms. The van der Waals surface area contributed by atoms with Crippen molar-refractivity contribution < 1.29 is 13.2 Å². The van der Waals surface area contributed by atoms with Gasteiger partial charge in [-0.05, 0) is 6.07 Å². The van der Waals surface area contributed by atoms with Crippen LogP contribution in [0.5, 0.6) is 0 Å². The standard InChI is InChI=1S/C17H15F3N4O/c1-23(8-10-4-3-5-11(14(10)18)15(19)20)16-12-6-7-13(25)24(2)17(12)22-9-21-16/h3-7,9,15H,8H2,1-2H3. The normalized spacial score (nSPS) is 11.3. The van der Waals surface area contributed by atoms with Crippen LogP contribution in [-0.4, -0.2) is 21.6 Å². The van der Waals surface area contributed by atoms with E-state index < -0.39 is 17.8 Å². The highest BCUT2D eigenvalue weighted by Crippen LogP contribution is 2.26. The summed E-state index contributed by atoms with van der Waals surface area (Å²) < 4.78 is 41.3. The largest absolute Gasteiger partial charge is 0.355 e. The van der Waals surface area contributed by atoms with Crippen LogP contribution in [0.4, 0.5) is 19.0 Å². The van der Waals surface area contributed by atoms with E-state index in [0.717, 1.165) is 6.07 Å². The molecule has 0 aliphatic heterocycles. The Labute approximate surface area is 141 Å². The molecule has 0 saturated carbocycles. The number of anilines is 1. The van der Waals surface area contributed by atoms with E-state index in [9.17, 15) is 18.0 Å². The summed E-state index contributed by atoms with van der Waals surface area (Å²) in [6, 6.07) is 6.90. The Morgan fingerprint density at radius 2 is 1.96 bits per heavy atom. The highest BCUT2D eigenvalue weighted by Gasteiger charge is 2.18. The lowest BCUT2D eigenvalue weighted by Crippen LogP contribution is -2.21. The molecule has 0 N–H and O–H groups in total. The molecule has 2 aromatic heterocycles. The number of aromatic nitrogens is 3. The molecule has 0 fully saturated rings. The molecule has 130 valence electrons. The molecule has 0 radical (unpaired) electrons. The predicted octanol–water partition coefficient (Wildman–Crippen LogP) is 3.04. The molecular formula is C17H15F3N4O. The Kier molecular flexibility index (Phi) is 4.43. The summed E-state index contributed by atoms with van der Waals surface area (Å²) in [6.45, 7) is 0.0430. The highest BCUT2D eigenvalue weighted by molar-refractivity contribution is 5.86. The maximum absolute atomic E-state index is 14.2. The zero-order chi connectivity index (χ0) is 18.1. The summed E-state index contributed by atoms with van der Waals surface area (Å²) in [7, 11) is 3.26. The quantitative estimate of drug-likeness (QED) is 0.727. The van der Waals surface area contributed by atoms with Crippen LogP contribution in [0.3, 0.4) is 0 Å². The molecule has 2 heterocycles. The van der Waals surface area contributed by atoms with Gasteiger partial charge in [0.2, 0.25) is 0 Å². The van der Waals surface area contributed by atoms with Crippen LogP contribution in [0.1, 0.15) is 17.6 Å². The van der Waals surface area contributed by atoms with Gasteiger partial charge < -0.3 is 4.90 Å². The molecule has 0 spiro atoms. The first-order chi connectivity index (χ1) is 11.9. The monoisotopic (exact) mass is 348 g/mol. The number of benzene rings is 1. The van der Waals surface area contributed by atoms with Crippen LogP contribution < -0.4 is 10.5 Å². The molecule has 1 aromatic carbocycles. The van der Waals surface area contributed by atoms with Crippen molar-refractivity contribution in [2.75, 3.05) is 11.9 Å². The van der Waals surface area contributed by atoms with E-state index >= 15 is 0 Å². The summed E-state index contributed by atoms with van der Waals surface area (Å²) in [5.74, 6) is -0.447. The summed E-state index contributed by atoms with van der Waals surface area (Å²) >= 11 is 0. The number of nitrogens with zero attached hydrogens (tertiary/aromatic N) is 4. The summed E-state index contributed by atoms with van der Waals surface area (Å²) in [5.41, 5.74) is -0.264. The molecule has 0 aliphatic rings. The van der Waals surface area contributed by atoms with E-state index in [1.54, 1.807) is 25.1 Å². The Morgan fingerprint density at radius 1 is 1.20 bits per heavy atom. The lowest BCUT2D eigenvalue weighted by Gasteiger charge is -2.21. The van der Waals surface area contributed by atoms with Gasteiger partial charge in [0.1, 0.15) is 23.6 Å². The molecule has 3 rings (SSSR count). The van der Waals surface area contributed by atoms with Gasteiger partial charge in [-0.1, -0.05) is 18.2 Å². The van der Waals surface area contributed by atoms with Crippen LogP contribution in [0, 0.1) is 5.82 Å². The van der Waals surface area contributed by atoms with Gasteiger partial charge in [-0.15, -0.1) is 0 Å². The van der Waals surface area contributed by atoms with E-state index in [4.69, 9.17) is 0 Å². The minimum Gasteiger partial charge on any atom is -0.355 e. The van der Waals surface area contributed by atoms with Crippen LogP contribution in [0.15, 0.2) is 41.5 Å². The zero-order valence-corrected chi connectivity index (χ0v) is 13.6. The van der Waals surface area contributed by atoms with Gasteiger partial charge in [0.05, 0.1) is 10.9 Å². The summed E-state index contributed by atoms with van der Waals surface area (Å²) in [5, 5.41) is 0.609. The number of hydrogen-bond donors (Lipinski definition) is 0.